The summed E-state index contributed by atoms with van der Waals surface area (Å²) in [5.74, 6) is 1.50. The van der Waals surface area contributed by atoms with Crippen molar-refractivity contribution in [2.45, 2.75) is 92.4 Å². The van der Waals surface area contributed by atoms with Crippen LogP contribution in [0.1, 0.15) is 97.1 Å². The van der Waals surface area contributed by atoms with Crippen LogP contribution in [-0.2, 0) is 6.42 Å². The Morgan fingerprint density at radius 3 is 2.33 bits per heavy atom. The lowest BCUT2D eigenvalue weighted by Gasteiger charge is -2.14. The van der Waals surface area contributed by atoms with Crippen LogP contribution in [0.4, 0.5) is 0 Å². The number of hydrogen-bond acceptors (Lipinski definition) is 2. The maximum Gasteiger partial charge on any atom is 0.101 e. The Kier molecular flexibility index (Phi) is 13.0. The molecule has 2 N–H and O–H groups in total. The minimum Gasteiger partial charge on any atom is -0.344 e. The van der Waals surface area contributed by atoms with Crippen molar-refractivity contribution in [3.05, 3.63) is 60.2 Å². The van der Waals surface area contributed by atoms with E-state index in [1.165, 1.54) is 50.5 Å². The van der Waals surface area contributed by atoms with Gasteiger partial charge in [-0.1, -0.05) is 104 Å². The quantitative estimate of drug-likeness (QED) is 0.152. The molecule has 1 heterocycles. The van der Waals surface area contributed by atoms with E-state index in [9.17, 15) is 0 Å². The minimum absolute atomic E-state index is 0.539. The number of hydrogen-bond donors (Lipinski definition) is 2. The van der Waals surface area contributed by atoms with Gasteiger partial charge in [-0.3, -0.25) is 10.1 Å². The Morgan fingerprint density at radius 1 is 0.972 bits per heavy atom. The second-order valence-electron chi connectivity index (χ2n) is 10.1. The van der Waals surface area contributed by atoms with Gasteiger partial charge in [0.2, 0.25) is 0 Å². The lowest BCUT2D eigenvalue weighted by Crippen LogP contribution is -2.23. The van der Waals surface area contributed by atoms with E-state index in [4.69, 9.17) is 0 Å². The molecule has 0 aliphatic heterocycles. The number of nitrogens with zero attached hydrogens (tertiary/aromatic N) is 2. The van der Waals surface area contributed by atoms with Gasteiger partial charge in [0.15, 0.2) is 0 Å². The van der Waals surface area contributed by atoms with Crippen LogP contribution in [0.5, 0.6) is 0 Å². The zero-order chi connectivity index (χ0) is 26.3. The lowest BCUT2D eigenvalue weighted by atomic mass is 10.0. The lowest BCUT2D eigenvalue weighted by molar-refractivity contribution is 0.656. The van der Waals surface area contributed by atoms with Gasteiger partial charge in [-0.15, -0.1) is 0 Å². The number of fused-ring (bicyclic) bond motifs is 1. The summed E-state index contributed by atoms with van der Waals surface area (Å²) in [4.78, 5) is 4.37. The number of nitrogens with one attached hydrogen (secondary N) is 2. The monoisotopic (exact) mass is 488 g/mol. The molecule has 0 unspecified atom stereocenters. The molecule has 0 radical (unpaired) electrons. The normalized spacial score (nSPS) is 11.5. The third-order valence-corrected chi connectivity index (χ3v) is 6.30. The summed E-state index contributed by atoms with van der Waals surface area (Å²) in [5, 5.41) is 12.3. The van der Waals surface area contributed by atoms with Crippen LogP contribution >= 0.6 is 0 Å². The molecule has 0 saturated carbocycles. The topological polar surface area (TPSA) is 53.1 Å². The molecular formula is C32H48N4. The van der Waals surface area contributed by atoms with Crippen molar-refractivity contribution in [2.24, 2.45) is 10.9 Å². The predicted octanol–water partition coefficient (Wildman–Crippen LogP) is 9.18. The minimum atomic E-state index is 0.539. The molecular weight excluding hydrogens is 440 g/mol. The maximum atomic E-state index is 4.61. The Morgan fingerprint density at radius 2 is 1.69 bits per heavy atom. The third kappa shape index (κ3) is 9.29. The number of aromatic nitrogens is 2. The van der Waals surface area contributed by atoms with Gasteiger partial charge in [-0.05, 0) is 48.1 Å². The summed E-state index contributed by atoms with van der Waals surface area (Å²) >= 11 is 0. The standard InChI is InChI=1S/C25H32N4.C7H16/c1-6-7-9-19-10-8-11-21(15-19)25-22-16-20(12-13-23(22)28-29-25)18(4)27-24(26-5)14-17(2)3;1-3-5-7-6-4-2/h8,10-13,15-17H,4,6-7,9,14H2,1-3,5H3,(H,26,27)(H,28,29);3-7H2,1-2H3. The molecule has 36 heavy (non-hydrogen) atoms. The van der Waals surface area contributed by atoms with E-state index in [1.54, 1.807) is 0 Å². The molecule has 1 aromatic heterocycles. The average Bonchev–Trinajstić information content (AvgIpc) is 3.31. The van der Waals surface area contributed by atoms with Gasteiger partial charge in [-0.2, -0.15) is 5.10 Å². The summed E-state index contributed by atoms with van der Waals surface area (Å²) in [6.45, 7) is 15.3. The Labute approximate surface area is 219 Å². The highest BCUT2D eigenvalue weighted by atomic mass is 15.1. The highest BCUT2D eigenvalue weighted by Gasteiger charge is 2.12. The molecule has 4 heteroatoms. The first-order valence-electron chi connectivity index (χ1n) is 13.9. The molecule has 0 saturated heterocycles. The Balaban J connectivity index is 0.000000572. The van der Waals surface area contributed by atoms with Crippen LogP contribution in [0.15, 0.2) is 54.0 Å². The first-order valence-corrected chi connectivity index (χ1v) is 13.9. The number of aromatic amines is 1. The molecule has 3 aromatic rings. The molecule has 3 rings (SSSR count). The average molecular weight is 489 g/mol. The molecule has 2 aromatic carbocycles. The number of benzene rings is 2. The molecule has 0 bridgehead atoms. The molecule has 4 nitrogen and oxygen atoms in total. The zero-order valence-corrected chi connectivity index (χ0v) is 23.6. The smallest absolute Gasteiger partial charge is 0.101 e. The maximum absolute atomic E-state index is 4.61. The third-order valence-electron chi connectivity index (χ3n) is 6.30. The number of unbranched alkanes of at least 4 members (excludes halogenated alkanes) is 5. The highest BCUT2D eigenvalue weighted by Crippen LogP contribution is 2.29. The number of aryl methyl sites for hydroxylation is 1. The highest BCUT2D eigenvalue weighted by molar-refractivity contribution is 5.96. The van der Waals surface area contributed by atoms with E-state index in [1.807, 2.05) is 7.05 Å². The fraction of sp³-hybridized carbons (Fsp3) is 0.500. The summed E-state index contributed by atoms with van der Waals surface area (Å²) < 4.78 is 0. The molecule has 0 spiro atoms. The van der Waals surface area contributed by atoms with Crippen molar-refractivity contribution in [1.82, 2.24) is 15.5 Å². The zero-order valence-electron chi connectivity index (χ0n) is 23.6. The summed E-state index contributed by atoms with van der Waals surface area (Å²) in [5.41, 5.74) is 6.43. The van der Waals surface area contributed by atoms with Crippen molar-refractivity contribution in [2.75, 3.05) is 7.05 Å². The fourth-order valence-electron chi connectivity index (χ4n) is 4.18. The SMILES string of the molecule is C=C(NC(CC(C)C)=NC)c1ccc2[nH]nc(-c3cccc(CCCC)c3)c2c1.CCCCCCC. The first kappa shape index (κ1) is 29.4. The first-order chi connectivity index (χ1) is 17.4. The second kappa shape index (κ2) is 16.0. The largest absolute Gasteiger partial charge is 0.344 e. The van der Waals surface area contributed by atoms with Gasteiger partial charge in [-0.25, -0.2) is 0 Å². The van der Waals surface area contributed by atoms with Crippen molar-refractivity contribution >= 4 is 22.4 Å². The van der Waals surface area contributed by atoms with Crippen LogP contribution < -0.4 is 5.32 Å². The van der Waals surface area contributed by atoms with E-state index >= 15 is 0 Å². The van der Waals surface area contributed by atoms with Crippen LogP contribution in [0.25, 0.3) is 27.9 Å². The van der Waals surface area contributed by atoms with E-state index in [2.05, 4.69) is 104 Å². The molecule has 196 valence electrons. The molecule has 0 amide bonds. The van der Waals surface area contributed by atoms with Crippen LogP contribution in [0, 0.1) is 5.92 Å². The van der Waals surface area contributed by atoms with E-state index < -0.39 is 0 Å². The predicted molar refractivity (Wildman–Crippen MR) is 160 cm³/mol. The summed E-state index contributed by atoms with van der Waals surface area (Å²) in [7, 11) is 1.82. The number of aliphatic imine (C=N–C) groups is 1. The Bertz CT molecular complexity index is 1090. The van der Waals surface area contributed by atoms with Gasteiger partial charge in [0.25, 0.3) is 0 Å². The van der Waals surface area contributed by atoms with Crippen LogP contribution in [-0.4, -0.2) is 23.1 Å². The Hall–Kier alpha value is -2.88. The van der Waals surface area contributed by atoms with E-state index in [-0.39, 0.29) is 0 Å². The van der Waals surface area contributed by atoms with Gasteiger partial charge >= 0.3 is 0 Å². The number of H-pyrrole nitrogens is 1. The summed E-state index contributed by atoms with van der Waals surface area (Å²) in [6.07, 6.45) is 11.4. The van der Waals surface area contributed by atoms with Gasteiger partial charge in [0.1, 0.15) is 5.84 Å². The number of amidine groups is 1. The van der Waals surface area contributed by atoms with Gasteiger partial charge in [0, 0.05) is 30.1 Å². The molecule has 0 aliphatic carbocycles. The van der Waals surface area contributed by atoms with Crippen LogP contribution in [0.3, 0.4) is 0 Å². The van der Waals surface area contributed by atoms with Crippen molar-refractivity contribution < 1.29 is 0 Å². The van der Waals surface area contributed by atoms with Crippen LogP contribution in [0.2, 0.25) is 0 Å². The summed E-state index contributed by atoms with van der Waals surface area (Å²) in [6, 6.07) is 15.0. The van der Waals surface area contributed by atoms with Crippen molar-refractivity contribution in [3.8, 4) is 11.3 Å². The second-order valence-corrected chi connectivity index (χ2v) is 10.1. The fourth-order valence-corrected chi connectivity index (χ4v) is 4.18. The van der Waals surface area contributed by atoms with Gasteiger partial charge in [0.05, 0.1) is 11.2 Å². The number of rotatable bonds is 12. The van der Waals surface area contributed by atoms with Gasteiger partial charge < -0.3 is 5.32 Å². The molecule has 0 fully saturated rings. The van der Waals surface area contributed by atoms with E-state index in [0.717, 1.165) is 52.1 Å². The van der Waals surface area contributed by atoms with Crippen molar-refractivity contribution in [3.63, 3.8) is 0 Å². The molecule has 0 aliphatic rings. The van der Waals surface area contributed by atoms with Crippen molar-refractivity contribution in [1.29, 1.82) is 0 Å². The van der Waals surface area contributed by atoms with E-state index in [0.29, 0.717) is 5.92 Å². The molecule has 0 atom stereocenters.